The van der Waals surface area contributed by atoms with Crippen molar-refractivity contribution in [3.8, 4) is 11.3 Å². The van der Waals surface area contributed by atoms with Crippen LogP contribution < -0.4 is 10.0 Å². The highest BCUT2D eigenvalue weighted by molar-refractivity contribution is 8.00. The Labute approximate surface area is 217 Å². The van der Waals surface area contributed by atoms with Gasteiger partial charge in [-0.05, 0) is 79.0 Å². The van der Waals surface area contributed by atoms with E-state index in [1.54, 1.807) is 24.3 Å². The van der Waals surface area contributed by atoms with Crippen LogP contribution >= 0.6 is 11.9 Å². The molecule has 3 aromatic heterocycles. The maximum atomic E-state index is 13.3. The number of halogens is 1. The maximum absolute atomic E-state index is 13.3. The molecular formula is C29H23FN6S. The molecule has 0 aliphatic rings. The first kappa shape index (κ1) is 23.0. The first-order valence-corrected chi connectivity index (χ1v) is 12.6. The van der Waals surface area contributed by atoms with Crippen molar-refractivity contribution in [2.75, 3.05) is 10.0 Å². The Balaban J connectivity index is 1.27. The largest absolute Gasteiger partial charge is 0.340 e. The number of aryl methyl sites for hydroxylation is 1. The van der Waals surface area contributed by atoms with Crippen molar-refractivity contribution in [1.82, 2.24) is 19.7 Å². The minimum absolute atomic E-state index is 0.654. The van der Waals surface area contributed by atoms with E-state index in [9.17, 15) is 4.39 Å². The van der Waals surface area contributed by atoms with Crippen LogP contribution in [0.2, 0.25) is 0 Å². The smallest absolute Gasteiger partial charge is 0.182 e. The van der Waals surface area contributed by atoms with Gasteiger partial charge in [-0.3, -0.25) is 4.98 Å². The third-order valence-electron chi connectivity index (χ3n) is 6.30. The number of nitrogens with one attached hydrogen (secondary N) is 2. The van der Waals surface area contributed by atoms with Gasteiger partial charge in [-0.2, -0.15) is 5.10 Å². The van der Waals surface area contributed by atoms with Gasteiger partial charge in [0, 0.05) is 50.4 Å². The maximum Gasteiger partial charge on any atom is 0.182 e. The molecule has 0 aliphatic carbocycles. The molecule has 0 saturated heterocycles. The molecule has 2 N–H and O–H groups in total. The van der Waals surface area contributed by atoms with E-state index >= 15 is 0 Å². The monoisotopic (exact) mass is 506 g/mol. The summed E-state index contributed by atoms with van der Waals surface area (Å²) in [6.45, 7) is 1.37. The van der Waals surface area contributed by atoms with Crippen LogP contribution in [0.15, 0.2) is 102 Å². The summed E-state index contributed by atoms with van der Waals surface area (Å²) in [5, 5.41) is 10.5. The van der Waals surface area contributed by atoms with Crippen molar-refractivity contribution in [2.45, 2.75) is 18.6 Å². The van der Waals surface area contributed by atoms with Gasteiger partial charge in [-0.25, -0.2) is 14.1 Å². The van der Waals surface area contributed by atoms with Gasteiger partial charge in [-0.1, -0.05) is 24.3 Å². The first-order chi connectivity index (χ1) is 18.2. The lowest BCUT2D eigenvalue weighted by atomic mass is 9.98. The molecule has 0 radical (unpaired) electrons. The predicted octanol–water partition coefficient (Wildman–Crippen LogP) is 7.74. The highest BCUT2D eigenvalue weighted by atomic mass is 32.2. The third-order valence-corrected chi connectivity index (χ3v) is 7.14. The lowest BCUT2D eigenvalue weighted by molar-refractivity contribution is 0.358. The number of para-hydroxylation sites is 1. The van der Waals surface area contributed by atoms with E-state index in [0.717, 1.165) is 60.6 Å². The number of hydrogen-bond acceptors (Lipinski definition) is 6. The molecule has 0 bridgehead atoms. The van der Waals surface area contributed by atoms with E-state index in [2.05, 4.69) is 32.3 Å². The van der Waals surface area contributed by atoms with Crippen molar-refractivity contribution in [1.29, 1.82) is 0 Å². The average molecular weight is 507 g/mol. The quantitative estimate of drug-likeness (QED) is 0.216. The van der Waals surface area contributed by atoms with E-state index in [1.807, 2.05) is 79.9 Å². The molecule has 3 aromatic carbocycles. The second-order valence-corrected chi connectivity index (χ2v) is 9.48. The van der Waals surface area contributed by atoms with Crippen molar-refractivity contribution in [3.63, 3.8) is 0 Å². The lowest BCUT2D eigenvalue weighted by Crippen LogP contribution is -1.96. The van der Waals surface area contributed by atoms with Crippen molar-refractivity contribution in [2.24, 2.45) is 0 Å². The number of alkyl halides is 1. The van der Waals surface area contributed by atoms with Crippen LogP contribution in [-0.2, 0) is 6.80 Å². The summed E-state index contributed by atoms with van der Waals surface area (Å²) in [7, 11) is 0. The number of aromatic nitrogens is 4. The van der Waals surface area contributed by atoms with Gasteiger partial charge < -0.3 is 10.0 Å². The summed E-state index contributed by atoms with van der Waals surface area (Å²) in [6.07, 6.45) is 5.36. The Kier molecular flexibility index (Phi) is 6.16. The molecule has 6 rings (SSSR count). The summed E-state index contributed by atoms with van der Waals surface area (Å²) in [5.74, 6) is 0.730. The van der Waals surface area contributed by atoms with Crippen LogP contribution in [-0.4, -0.2) is 19.7 Å². The molecule has 0 aliphatic heterocycles. The average Bonchev–Trinajstić information content (AvgIpc) is 3.37. The summed E-state index contributed by atoms with van der Waals surface area (Å²) >= 11 is 1.57. The zero-order valence-corrected chi connectivity index (χ0v) is 20.8. The minimum Gasteiger partial charge on any atom is -0.340 e. The molecular weight excluding hydrogens is 483 g/mol. The zero-order valence-electron chi connectivity index (χ0n) is 20.0. The molecule has 182 valence electrons. The zero-order chi connectivity index (χ0) is 25.2. The third kappa shape index (κ3) is 4.59. The number of anilines is 3. The van der Waals surface area contributed by atoms with E-state index in [0.29, 0.717) is 0 Å². The standard InChI is InChI=1S/C29H23FN6S/c1-19-24(11-12-27-26(19)17-33-36(27)18-30)29-25-15-28(32-16-20(25)13-14-31-29)34-21-7-9-23(10-8-21)37-35-22-5-3-2-4-6-22/h2-17,35H,18H2,1H3,(H,32,34). The van der Waals surface area contributed by atoms with E-state index < -0.39 is 6.80 Å². The Morgan fingerprint density at radius 1 is 0.865 bits per heavy atom. The Hall–Kier alpha value is -4.43. The highest BCUT2D eigenvalue weighted by Gasteiger charge is 2.14. The molecule has 37 heavy (non-hydrogen) atoms. The highest BCUT2D eigenvalue weighted by Crippen LogP contribution is 2.34. The molecule has 6 aromatic rings. The van der Waals surface area contributed by atoms with Crippen LogP contribution in [0, 0.1) is 6.92 Å². The predicted molar refractivity (Wildman–Crippen MR) is 150 cm³/mol. The van der Waals surface area contributed by atoms with Crippen LogP contribution in [0.3, 0.4) is 0 Å². The first-order valence-electron chi connectivity index (χ1n) is 11.8. The molecule has 3 heterocycles. The summed E-state index contributed by atoms with van der Waals surface area (Å²) in [4.78, 5) is 10.4. The SMILES string of the molecule is Cc1c(-c2nccc3cnc(Nc4ccc(SNc5ccccc5)cc4)cc23)ccc2c1cnn2CF. The number of rotatable bonds is 7. The van der Waals surface area contributed by atoms with Gasteiger partial charge >= 0.3 is 0 Å². The van der Waals surface area contributed by atoms with Crippen molar-refractivity contribution >= 4 is 50.8 Å². The Morgan fingerprint density at radius 3 is 2.51 bits per heavy atom. The molecule has 0 amide bonds. The molecule has 0 atom stereocenters. The molecule has 0 spiro atoms. The van der Waals surface area contributed by atoms with Gasteiger partial charge in [0.05, 0.1) is 17.4 Å². The molecule has 0 fully saturated rings. The van der Waals surface area contributed by atoms with Crippen LogP contribution in [0.25, 0.3) is 32.9 Å². The Bertz CT molecular complexity index is 1700. The van der Waals surface area contributed by atoms with Crippen LogP contribution in [0.4, 0.5) is 21.6 Å². The molecule has 0 unspecified atom stereocenters. The molecule has 8 heteroatoms. The fourth-order valence-corrected chi connectivity index (χ4v) is 5.01. The second kappa shape index (κ2) is 9.91. The van der Waals surface area contributed by atoms with E-state index in [1.165, 1.54) is 4.68 Å². The fourth-order valence-electron chi connectivity index (χ4n) is 4.37. The number of pyridine rings is 2. The number of benzene rings is 3. The lowest BCUT2D eigenvalue weighted by Gasteiger charge is -2.12. The molecule has 0 saturated carbocycles. The normalized spacial score (nSPS) is 11.2. The van der Waals surface area contributed by atoms with Gasteiger partial charge in [0.15, 0.2) is 6.80 Å². The fraction of sp³-hybridized carbons (Fsp3) is 0.0690. The number of hydrogen-bond donors (Lipinski definition) is 2. The van der Waals surface area contributed by atoms with Gasteiger partial charge in [0.2, 0.25) is 0 Å². The Morgan fingerprint density at radius 2 is 1.70 bits per heavy atom. The summed E-state index contributed by atoms with van der Waals surface area (Å²) in [5.41, 5.74) is 5.63. The molecule has 6 nitrogen and oxygen atoms in total. The minimum atomic E-state index is -0.654. The van der Waals surface area contributed by atoms with Crippen molar-refractivity contribution in [3.05, 3.63) is 103 Å². The van der Waals surface area contributed by atoms with Gasteiger partial charge in [0.25, 0.3) is 0 Å². The summed E-state index contributed by atoms with van der Waals surface area (Å²) in [6, 6.07) is 26.1. The van der Waals surface area contributed by atoms with E-state index in [4.69, 9.17) is 4.98 Å². The number of nitrogens with zero attached hydrogens (tertiary/aromatic N) is 4. The van der Waals surface area contributed by atoms with Crippen LogP contribution in [0.5, 0.6) is 0 Å². The summed E-state index contributed by atoms with van der Waals surface area (Å²) < 4.78 is 18.0. The van der Waals surface area contributed by atoms with Gasteiger partial charge in [-0.15, -0.1) is 0 Å². The van der Waals surface area contributed by atoms with Gasteiger partial charge in [0.1, 0.15) is 5.82 Å². The van der Waals surface area contributed by atoms with Crippen molar-refractivity contribution < 1.29 is 4.39 Å². The van der Waals surface area contributed by atoms with Crippen LogP contribution in [0.1, 0.15) is 5.56 Å². The second-order valence-electron chi connectivity index (χ2n) is 8.60. The topological polar surface area (TPSA) is 67.7 Å². The number of fused-ring (bicyclic) bond motifs is 2. The van der Waals surface area contributed by atoms with E-state index in [-0.39, 0.29) is 0 Å².